The zero-order valence-corrected chi connectivity index (χ0v) is 17.6. The smallest absolute Gasteiger partial charge is 0.290 e. The molecule has 1 aliphatic heterocycles. The first-order valence-corrected chi connectivity index (χ1v) is 10.4. The van der Waals surface area contributed by atoms with Crippen molar-refractivity contribution in [3.8, 4) is 5.75 Å². The van der Waals surface area contributed by atoms with E-state index in [1.54, 1.807) is 23.1 Å². The minimum Gasteiger partial charge on any atom is -0.494 e. The molecule has 0 saturated heterocycles. The molecule has 0 aliphatic carbocycles. The molecule has 1 amide bonds. The number of rotatable bonds is 7. The van der Waals surface area contributed by atoms with E-state index in [9.17, 15) is 9.59 Å². The standard InChI is InChI=1S/C24H26N2O4/c1-4-29-17-12-10-16(11-13-17)21-20-22(27)18-8-5-6-9-19(18)30-23(20)24(28)26(21)15-7-14-25(2)3/h5-6,8-13,21H,4,7,14-15H2,1-3H3/p+1/t21-/m1/s1. The van der Waals surface area contributed by atoms with Crippen LogP contribution in [-0.4, -0.2) is 44.6 Å². The van der Waals surface area contributed by atoms with E-state index < -0.39 is 6.04 Å². The molecular weight excluding hydrogens is 380 g/mol. The third kappa shape index (κ3) is 3.59. The second-order valence-corrected chi connectivity index (χ2v) is 7.88. The molecule has 2 heterocycles. The number of carbonyl (C=O) groups excluding carboxylic acids is 1. The van der Waals surface area contributed by atoms with Gasteiger partial charge in [0, 0.05) is 13.0 Å². The van der Waals surface area contributed by atoms with E-state index in [1.165, 1.54) is 4.90 Å². The normalized spacial score (nSPS) is 15.8. The SMILES string of the molecule is CCOc1ccc([C@@H]2c3c(oc4ccccc4c3=O)C(=O)N2CCC[NH+](C)C)cc1. The number of para-hydroxylation sites is 1. The van der Waals surface area contributed by atoms with E-state index in [0.717, 1.165) is 24.3 Å². The van der Waals surface area contributed by atoms with Crippen LogP contribution < -0.4 is 15.1 Å². The lowest BCUT2D eigenvalue weighted by Crippen LogP contribution is -3.05. The lowest BCUT2D eigenvalue weighted by molar-refractivity contribution is -0.858. The highest BCUT2D eigenvalue weighted by molar-refractivity contribution is 5.99. The van der Waals surface area contributed by atoms with Crippen molar-refractivity contribution >= 4 is 16.9 Å². The van der Waals surface area contributed by atoms with Gasteiger partial charge in [0.25, 0.3) is 5.91 Å². The molecular formula is C24H27N2O4+. The summed E-state index contributed by atoms with van der Waals surface area (Å²) >= 11 is 0. The van der Waals surface area contributed by atoms with Crippen LogP contribution in [0.1, 0.15) is 41.1 Å². The number of ether oxygens (including phenoxy) is 1. The fraction of sp³-hybridized carbons (Fsp3) is 0.333. The number of amides is 1. The Kier molecular flexibility index (Phi) is 5.59. The van der Waals surface area contributed by atoms with Gasteiger partial charge in [0.15, 0.2) is 5.43 Å². The number of nitrogens with zero attached hydrogens (tertiary/aromatic N) is 1. The van der Waals surface area contributed by atoms with Gasteiger partial charge in [0.05, 0.1) is 44.2 Å². The Bertz CT molecular complexity index is 1120. The molecule has 1 atom stereocenters. The lowest BCUT2D eigenvalue weighted by atomic mass is 9.98. The van der Waals surface area contributed by atoms with Crippen molar-refractivity contribution in [3.63, 3.8) is 0 Å². The minimum atomic E-state index is -0.457. The third-order valence-electron chi connectivity index (χ3n) is 5.46. The summed E-state index contributed by atoms with van der Waals surface area (Å²) in [5.74, 6) is 0.703. The lowest BCUT2D eigenvalue weighted by Gasteiger charge is -2.25. The number of benzene rings is 2. The maximum atomic E-state index is 13.4. The Balaban J connectivity index is 1.82. The summed E-state index contributed by atoms with van der Waals surface area (Å²) in [5, 5.41) is 0.500. The predicted octanol–water partition coefficient (Wildman–Crippen LogP) is 2.27. The summed E-state index contributed by atoms with van der Waals surface area (Å²) in [6, 6.07) is 14.3. The van der Waals surface area contributed by atoms with Crippen molar-refractivity contribution in [2.75, 3.05) is 33.8 Å². The number of hydrogen-bond donors (Lipinski definition) is 1. The first kappa shape index (κ1) is 20.2. The van der Waals surface area contributed by atoms with Gasteiger partial charge in [-0.1, -0.05) is 24.3 Å². The summed E-state index contributed by atoms with van der Waals surface area (Å²) in [6.07, 6.45) is 0.837. The average molecular weight is 407 g/mol. The fourth-order valence-electron chi connectivity index (χ4n) is 4.06. The largest absolute Gasteiger partial charge is 0.494 e. The molecule has 1 aromatic heterocycles. The van der Waals surface area contributed by atoms with Crippen molar-refractivity contribution in [3.05, 3.63) is 75.6 Å². The maximum absolute atomic E-state index is 13.4. The summed E-state index contributed by atoms with van der Waals surface area (Å²) in [5.41, 5.74) is 1.62. The summed E-state index contributed by atoms with van der Waals surface area (Å²) in [6.45, 7) is 4.00. The summed E-state index contributed by atoms with van der Waals surface area (Å²) < 4.78 is 11.5. The van der Waals surface area contributed by atoms with E-state index >= 15 is 0 Å². The van der Waals surface area contributed by atoms with Crippen molar-refractivity contribution in [2.45, 2.75) is 19.4 Å². The molecule has 156 valence electrons. The van der Waals surface area contributed by atoms with Crippen LogP contribution in [0.4, 0.5) is 0 Å². The molecule has 0 unspecified atom stereocenters. The van der Waals surface area contributed by atoms with Gasteiger partial charge < -0.3 is 19.0 Å². The van der Waals surface area contributed by atoms with E-state index in [1.807, 2.05) is 37.3 Å². The van der Waals surface area contributed by atoms with Crippen LogP contribution in [0.25, 0.3) is 11.0 Å². The number of fused-ring (bicyclic) bond motifs is 2. The quantitative estimate of drug-likeness (QED) is 0.653. The van der Waals surface area contributed by atoms with Gasteiger partial charge in [0.1, 0.15) is 11.3 Å². The number of quaternary nitrogens is 1. The number of carbonyl (C=O) groups is 1. The summed E-state index contributed by atoms with van der Waals surface area (Å²) in [7, 11) is 4.17. The molecule has 6 heteroatoms. The molecule has 0 saturated carbocycles. The van der Waals surface area contributed by atoms with Crippen molar-refractivity contribution in [1.29, 1.82) is 0 Å². The van der Waals surface area contributed by atoms with Gasteiger partial charge in [0.2, 0.25) is 5.76 Å². The van der Waals surface area contributed by atoms with Crippen molar-refractivity contribution in [2.24, 2.45) is 0 Å². The second kappa shape index (κ2) is 8.32. The molecule has 4 rings (SSSR count). The van der Waals surface area contributed by atoms with E-state index in [-0.39, 0.29) is 17.1 Å². The van der Waals surface area contributed by atoms with Crippen LogP contribution in [0.15, 0.2) is 57.7 Å². The molecule has 1 aliphatic rings. The van der Waals surface area contributed by atoms with Crippen molar-refractivity contribution in [1.82, 2.24) is 4.90 Å². The third-order valence-corrected chi connectivity index (χ3v) is 5.46. The van der Waals surface area contributed by atoms with Gasteiger partial charge in [-0.05, 0) is 36.8 Å². The van der Waals surface area contributed by atoms with Gasteiger partial charge in [-0.15, -0.1) is 0 Å². The van der Waals surface area contributed by atoms with Gasteiger partial charge in [-0.25, -0.2) is 0 Å². The Morgan fingerprint density at radius 2 is 1.80 bits per heavy atom. The average Bonchev–Trinajstić information content (AvgIpc) is 3.01. The molecule has 0 fully saturated rings. The van der Waals surface area contributed by atoms with E-state index in [4.69, 9.17) is 9.15 Å². The fourth-order valence-corrected chi connectivity index (χ4v) is 4.06. The molecule has 0 bridgehead atoms. The summed E-state index contributed by atoms with van der Waals surface area (Å²) in [4.78, 5) is 29.7. The highest BCUT2D eigenvalue weighted by Crippen LogP contribution is 2.38. The van der Waals surface area contributed by atoms with E-state index in [2.05, 4.69) is 14.1 Å². The highest BCUT2D eigenvalue weighted by atomic mass is 16.5. The molecule has 6 nitrogen and oxygen atoms in total. The van der Waals surface area contributed by atoms with Gasteiger partial charge in [-0.3, -0.25) is 9.59 Å². The van der Waals surface area contributed by atoms with Crippen LogP contribution in [0.2, 0.25) is 0 Å². The van der Waals surface area contributed by atoms with Crippen LogP contribution in [0.5, 0.6) is 5.75 Å². The number of hydrogen-bond acceptors (Lipinski definition) is 4. The molecule has 30 heavy (non-hydrogen) atoms. The Morgan fingerprint density at radius 1 is 1.07 bits per heavy atom. The molecule has 3 aromatic rings. The van der Waals surface area contributed by atoms with Gasteiger partial charge in [-0.2, -0.15) is 0 Å². The van der Waals surface area contributed by atoms with Crippen LogP contribution in [0, 0.1) is 0 Å². The zero-order chi connectivity index (χ0) is 21.3. The predicted molar refractivity (Wildman–Crippen MR) is 115 cm³/mol. The van der Waals surface area contributed by atoms with Crippen LogP contribution in [0.3, 0.4) is 0 Å². The topological polar surface area (TPSA) is 64.2 Å². The zero-order valence-electron chi connectivity index (χ0n) is 17.6. The maximum Gasteiger partial charge on any atom is 0.290 e. The Labute approximate surface area is 175 Å². The molecule has 2 aromatic carbocycles. The minimum absolute atomic E-state index is 0.139. The second-order valence-electron chi connectivity index (χ2n) is 7.88. The molecule has 0 radical (unpaired) electrons. The Hall–Kier alpha value is -3.12. The number of nitrogens with one attached hydrogen (secondary N) is 1. The van der Waals surface area contributed by atoms with Gasteiger partial charge >= 0.3 is 0 Å². The Morgan fingerprint density at radius 3 is 2.50 bits per heavy atom. The highest BCUT2D eigenvalue weighted by Gasteiger charge is 2.42. The van der Waals surface area contributed by atoms with E-state index in [0.29, 0.717) is 29.7 Å². The first-order valence-electron chi connectivity index (χ1n) is 10.4. The molecule has 1 N–H and O–H groups in total. The monoisotopic (exact) mass is 407 g/mol. The first-order chi connectivity index (χ1) is 14.5. The molecule has 0 spiro atoms. The van der Waals surface area contributed by atoms with Crippen LogP contribution in [-0.2, 0) is 0 Å². The van der Waals surface area contributed by atoms with Crippen molar-refractivity contribution < 1.29 is 18.8 Å². The van der Waals surface area contributed by atoms with Crippen LogP contribution >= 0.6 is 0 Å².